The van der Waals surface area contributed by atoms with Crippen molar-refractivity contribution < 1.29 is 22.8 Å². The highest BCUT2D eigenvalue weighted by Crippen LogP contribution is 2.22. The topological polar surface area (TPSA) is 62.3 Å². The molecule has 0 bridgehead atoms. The molecule has 1 aromatic carbocycles. The van der Waals surface area contributed by atoms with Crippen LogP contribution in [-0.2, 0) is 0 Å². The van der Waals surface area contributed by atoms with E-state index in [0.717, 1.165) is 5.01 Å². The molecule has 2 aromatic rings. The molecule has 0 aliphatic heterocycles. The van der Waals surface area contributed by atoms with Crippen molar-refractivity contribution in [1.82, 2.24) is 15.4 Å². The van der Waals surface area contributed by atoms with Crippen molar-refractivity contribution in [3.8, 4) is 0 Å². The normalized spacial score (nSPS) is 11.3. The summed E-state index contributed by atoms with van der Waals surface area (Å²) in [7, 11) is 0. The summed E-state index contributed by atoms with van der Waals surface area (Å²) in [5, 5.41) is 0.683. The molecule has 10 heteroatoms. The summed E-state index contributed by atoms with van der Waals surface area (Å²) in [6, 6.07) is 3.34. The van der Waals surface area contributed by atoms with Gasteiger partial charge < -0.3 is 0 Å². The number of carbonyl (C=O) groups excluding carboxylic acids is 2. The Morgan fingerprint density at radius 2 is 1.63 bits per heavy atom. The molecule has 0 radical (unpaired) electrons. The number of halogens is 5. The number of rotatable bonds is 2. The predicted molar refractivity (Wildman–Crippen MR) is 94.0 cm³/mol. The number of carbonyl (C=O) groups is 2. The highest BCUT2D eigenvalue weighted by Gasteiger charge is 2.32. The van der Waals surface area contributed by atoms with E-state index in [-0.39, 0.29) is 15.9 Å². The van der Waals surface area contributed by atoms with Crippen LogP contribution in [0.3, 0.4) is 0 Å². The van der Waals surface area contributed by atoms with Crippen LogP contribution in [0.25, 0.3) is 0 Å². The number of pyridine rings is 1. The zero-order chi connectivity index (χ0) is 20.5. The molecule has 0 aliphatic rings. The molecule has 0 saturated carbocycles. The molecule has 1 aromatic heterocycles. The smallest absolute Gasteiger partial charge is 0.267 e. The minimum atomic E-state index is -1.41. The van der Waals surface area contributed by atoms with Crippen molar-refractivity contribution in [2.75, 3.05) is 0 Å². The number of nitrogens with zero attached hydrogens (tertiary/aromatic N) is 2. The van der Waals surface area contributed by atoms with Gasteiger partial charge in [-0.1, -0.05) is 23.2 Å². The lowest BCUT2D eigenvalue weighted by Gasteiger charge is -2.35. The Kier molecular flexibility index (Phi) is 6.01. The first-order valence-electron chi connectivity index (χ1n) is 7.54. The van der Waals surface area contributed by atoms with Gasteiger partial charge in [0.15, 0.2) is 0 Å². The van der Waals surface area contributed by atoms with Crippen molar-refractivity contribution >= 4 is 35.0 Å². The maximum absolute atomic E-state index is 13.9. The van der Waals surface area contributed by atoms with Gasteiger partial charge in [-0.15, -0.1) is 0 Å². The van der Waals surface area contributed by atoms with Gasteiger partial charge in [0.1, 0.15) is 33.3 Å². The molecule has 1 N–H and O–H groups in total. The average Bonchev–Trinajstić information content (AvgIpc) is 2.49. The third kappa shape index (κ3) is 4.70. The van der Waals surface area contributed by atoms with E-state index in [4.69, 9.17) is 23.2 Å². The van der Waals surface area contributed by atoms with Crippen LogP contribution in [0.5, 0.6) is 0 Å². The lowest BCUT2D eigenvalue weighted by atomic mass is 10.1. The summed E-state index contributed by atoms with van der Waals surface area (Å²) in [4.78, 5) is 28.9. The van der Waals surface area contributed by atoms with Gasteiger partial charge in [-0.05, 0) is 32.9 Å². The third-order valence-electron chi connectivity index (χ3n) is 3.37. The number of hydrazine groups is 1. The minimum Gasteiger partial charge on any atom is -0.267 e. The van der Waals surface area contributed by atoms with Crippen molar-refractivity contribution in [2.45, 2.75) is 26.3 Å². The van der Waals surface area contributed by atoms with Crippen LogP contribution in [0.1, 0.15) is 41.5 Å². The SMILES string of the molecule is CC(C)(C)N(NC(=O)c1c(F)cc(F)cc1F)C(=O)c1ccc(Cl)nc1Cl. The van der Waals surface area contributed by atoms with E-state index in [1.807, 2.05) is 0 Å². The van der Waals surface area contributed by atoms with Gasteiger partial charge in [0.05, 0.1) is 11.1 Å². The lowest BCUT2D eigenvalue weighted by molar-refractivity contribution is 0.0355. The predicted octanol–water partition coefficient (Wildman–Crippen LogP) is 4.39. The van der Waals surface area contributed by atoms with Crippen LogP contribution >= 0.6 is 23.2 Å². The molecule has 0 atom stereocenters. The summed E-state index contributed by atoms with van der Waals surface area (Å²) < 4.78 is 40.7. The number of nitrogens with one attached hydrogen (secondary N) is 1. The molecule has 0 saturated heterocycles. The van der Waals surface area contributed by atoms with Gasteiger partial charge >= 0.3 is 0 Å². The molecular formula is C17H14Cl2F3N3O2. The highest BCUT2D eigenvalue weighted by molar-refractivity contribution is 6.34. The summed E-state index contributed by atoms with van der Waals surface area (Å²) in [5.41, 5.74) is 0.0106. The van der Waals surface area contributed by atoms with E-state index in [1.165, 1.54) is 12.1 Å². The van der Waals surface area contributed by atoms with Gasteiger partial charge in [0, 0.05) is 12.1 Å². The molecule has 2 amide bonds. The summed E-state index contributed by atoms with van der Waals surface area (Å²) in [5.74, 6) is -6.04. The second kappa shape index (κ2) is 7.74. The Morgan fingerprint density at radius 3 is 2.11 bits per heavy atom. The number of benzene rings is 1. The molecule has 0 aliphatic carbocycles. The maximum atomic E-state index is 13.9. The van der Waals surface area contributed by atoms with Gasteiger partial charge in [-0.2, -0.15) is 0 Å². The molecule has 27 heavy (non-hydrogen) atoms. The Morgan fingerprint density at radius 1 is 1.07 bits per heavy atom. The van der Waals surface area contributed by atoms with Crippen LogP contribution in [0, 0.1) is 17.5 Å². The summed E-state index contributed by atoms with van der Waals surface area (Å²) in [6.45, 7) is 4.71. The van der Waals surface area contributed by atoms with Crippen LogP contribution in [0.4, 0.5) is 13.2 Å². The molecule has 1 heterocycles. The van der Waals surface area contributed by atoms with E-state index in [9.17, 15) is 22.8 Å². The summed E-state index contributed by atoms with van der Waals surface area (Å²) in [6.07, 6.45) is 0. The van der Waals surface area contributed by atoms with Gasteiger partial charge in [0.25, 0.3) is 11.8 Å². The minimum absolute atomic E-state index is 0.0540. The van der Waals surface area contributed by atoms with Crippen LogP contribution < -0.4 is 5.43 Å². The Labute approximate surface area is 163 Å². The van der Waals surface area contributed by atoms with Crippen molar-refractivity contribution in [3.05, 3.63) is 63.2 Å². The van der Waals surface area contributed by atoms with Crippen molar-refractivity contribution in [3.63, 3.8) is 0 Å². The monoisotopic (exact) mass is 419 g/mol. The van der Waals surface area contributed by atoms with Crippen LogP contribution in [-0.4, -0.2) is 27.3 Å². The molecular weight excluding hydrogens is 406 g/mol. The first-order valence-corrected chi connectivity index (χ1v) is 8.29. The first kappa shape index (κ1) is 21.0. The van der Waals surface area contributed by atoms with E-state index >= 15 is 0 Å². The van der Waals surface area contributed by atoms with E-state index in [1.54, 1.807) is 20.8 Å². The summed E-state index contributed by atoms with van der Waals surface area (Å²) >= 11 is 11.6. The molecule has 2 rings (SSSR count). The third-order valence-corrected chi connectivity index (χ3v) is 3.86. The first-order chi connectivity index (χ1) is 12.4. The standard InChI is InChI=1S/C17H14Cl2F3N3O2/c1-17(2,3)25(16(27)9-4-5-12(18)23-14(9)19)24-15(26)13-10(21)6-8(20)7-11(13)22/h4-7H,1-3H3,(H,24,26). The number of amides is 2. The number of aromatic nitrogens is 1. The maximum Gasteiger partial charge on any atom is 0.275 e. The Hall–Kier alpha value is -2.32. The average molecular weight is 420 g/mol. The van der Waals surface area contributed by atoms with E-state index < -0.39 is 40.4 Å². The lowest BCUT2D eigenvalue weighted by Crippen LogP contribution is -2.56. The van der Waals surface area contributed by atoms with Crippen LogP contribution in [0.15, 0.2) is 24.3 Å². The second-order valence-electron chi connectivity index (χ2n) is 6.47. The quantitative estimate of drug-likeness (QED) is 0.579. The molecule has 144 valence electrons. The Balaban J connectivity index is 2.41. The zero-order valence-corrected chi connectivity index (χ0v) is 15.9. The molecule has 0 unspecified atom stereocenters. The fraction of sp³-hybridized carbons (Fsp3) is 0.235. The Bertz CT molecular complexity index is 894. The van der Waals surface area contributed by atoms with E-state index in [0.29, 0.717) is 12.1 Å². The second-order valence-corrected chi connectivity index (χ2v) is 7.21. The van der Waals surface area contributed by atoms with Crippen LogP contribution in [0.2, 0.25) is 10.3 Å². The number of hydrogen-bond donors (Lipinski definition) is 1. The molecule has 0 spiro atoms. The zero-order valence-electron chi connectivity index (χ0n) is 14.4. The molecule has 0 fully saturated rings. The molecule has 5 nitrogen and oxygen atoms in total. The largest absolute Gasteiger partial charge is 0.275 e. The van der Waals surface area contributed by atoms with Crippen molar-refractivity contribution in [2.24, 2.45) is 0 Å². The van der Waals surface area contributed by atoms with Gasteiger partial charge in [-0.3, -0.25) is 15.0 Å². The highest BCUT2D eigenvalue weighted by atomic mass is 35.5. The number of hydrogen-bond acceptors (Lipinski definition) is 3. The van der Waals surface area contributed by atoms with Crippen molar-refractivity contribution in [1.29, 1.82) is 0 Å². The van der Waals surface area contributed by atoms with E-state index in [2.05, 4.69) is 10.4 Å². The van der Waals surface area contributed by atoms with Gasteiger partial charge in [0.2, 0.25) is 0 Å². The van der Waals surface area contributed by atoms with Gasteiger partial charge in [-0.25, -0.2) is 23.2 Å². The fourth-order valence-corrected chi connectivity index (χ4v) is 2.56. The fourth-order valence-electron chi connectivity index (χ4n) is 2.13.